The summed E-state index contributed by atoms with van der Waals surface area (Å²) in [5.74, 6) is 0.144. The molecule has 1 aromatic carbocycles. The molecule has 0 radical (unpaired) electrons. The minimum absolute atomic E-state index is 0.144. The second-order valence-corrected chi connectivity index (χ2v) is 7.13. The summed E-state index contributed by atoms with van der Waals surface area (Å²) in [6.07, 6.45) is 7.17. The summed E-state index contributed by atoms with van der Waals surface area (Å²) in [5, 5.41) is 7.63. The molecule has 0 saturated heterocycles. The highest BCUT2D eigenvalue weighted by Crippen LogP contribution is 2.33. The van der Waals surface area contributed by atoms with Gasteiger partial charge in [0.25, 0.3) is 0 Å². The van der Waals surface area contributed by atoms with Crippen molar-refractivity contribution in [1.82, 2.24) is 20.0 Å². The van der Waals surface area contributed by atoms with Crippen LogP contribution in [0.1, 0.15) is 42.5 Å². The molecule has 1 amide bonds. The van der Waals surface area contributed by atoms with Crippen molar-refractivity contribution in [3.05, 3.63) is 53.3 Å². The zero-order valence-electron chi connectivity index (χ0n) is 15.4. The number of likely N-dealkylation sites (N-methyl/N-ethyl adjacent to an activating group) is 1. The van der Waals surface area contributed by atoms with Gasteiger partial charge in [-0.1, -0.05) is 24.3 Å². The van der Waals surface area contributed by atoms with Crippen molar-refractivity contribution in [2.45, 2.75) is 51.7 Å². The quantitative estimate of drug-likeness (QED) is 0.880. The number of carbonyl (C=O) groups is 1. The van der Waals surface area contributed by atoms with Crippen molar-refractivity contribution in [3.8, 4) is 0 Å². The molecule has 0 unspecified atom stereocenters. The maximum Gasteiger partial charge on any atom is 0.236 e. The third-order valence-electron chi connectivity index (χ3n) is 5.02. The SMILES string of the molecule is Cc1cnn(C[C@@H](C)NCC(=O)N(C)[C@@H]2CCCc3ccccc32)c1. The Balaban J connectivity index is 1.54. The van der Waals surface area contributed by atoms with E-state index in [1.54, 1.807) is 0 Å². The predicted octanol–water partition coefficient (Wildman–Crippen LogP) is 2.71. The Hall–Kier alpha value is -2.14. The maximum atomic E-state index is 12.7. The lowest BCUT2D eigenvalue weighted by atomic mass is 9.87. The van der Waals surface area contributed by atoms with Crippen LogP contribution in [-0.4, -0.2) is 40.2 Å². The number of nitrogens with zero attached hydrogens (tertiary/aromatic N) is 3. The van der Waals surface area contributed by atoms with E-state index in [9.17, 15) is 4.79 Å². The monoisotopic (exact) mass is 340 g/mol. The van der Waals surface area contributed by atoms with E-state index in [2.05, 4.69) is 41.6 Å². The van der Waals surface area contributed by atoms with Gasteiger partial charge in [-0.05, 0) is 49.8 Å². The highest BCUT2D eigenvalue weighted by molar-refractivity contribution is 5.78. The van der Waals surface area contributed by atoms with Crippen molar-refractivity contribution in [2.24, 2.45) is 0 Å². The van der Waals surface area contributed by atoms with Crippen LogP contribution in [0.15, 0.2) is 36.7 Å². The Morgan fingerprint density at radius 1 is 1.44 bits per heavy atom. The molecule has 3 rings (SSSR count). The fraction of sp³-hybridized carbons (Fsp3) is 0.500. The first-order valence-electron chi connectivity index (χ1n) is 9.10. The summed E-state index contributed by atoms with van der Waals surface area (Å²) >= 11 is 0. The van der Waals surface area contributed by atoms with E-state index in [0.717, 1.165) is 31.4 Å². The highest BCUT2D eigenvalue weighted by Gasteiger charge is 2.26. The number of nitrogens with one attached hydrogen (secondary N) is 1. The van der Waals surface area contributed by atoms with Gasteiger partial charge in [0.05, 0.1) is 25.3 Å². The summed E-state index contributed by atoms with van der Waals surface area (Å²) < 4.78 is 1.92. The molecule has 5 nitrogen and oxygen atoms in total. The van der Waals surface area contributed by atoms with Crippen molar-refractivity contribution < 1.29 is 4.79 Å². The lowest BCUT2D eigenvalue weighted by Gasteiger charge is -2.33. The van der Waals surface area contributed by atoms with Crippen LogP contribution in [-0.2, 0) is 17.8 Å². The molecule has 2 aromatic rings. The lowest BCUT2D eigenvalue weighted by molar-refractivity contribution is -0.131. The van der Waals surface area contributed by atoms with Crippen molar-refractivity contribution in [1.29, 1.82) is 0 Å². The molecule has 1 heterocycles. The number of aryl methyl sites for hydroxylation is 2. The van der Waals surface area contributed by atoms with Crippen LogP contribution >= 0.6 is 0 Å². The average molecular weight is 340 g/mol. The number of hydrogen-bond acceptors (Lipinski definition) is 3. The summed E-state index contributed by atoms with van der Waals surface area (Å²) in [4.78, 5) is 14.6. The van der Waals surface area contributed by atoms with Gasteiger partial charge in [0.2, 0.25) is 5.91 Å². The minimum Gasteiger partial charge on any atom is -0.338 e. The van der Waals surface area contributed by atoms with Gasteiger partial charge < -0.3 is 10.2 Å². The molecule has 0 fully saturated rings. The van der Waals surface area contributed by atoms with Crippen molar-refractivity contribution in [3.63, 3.8) is 0 Å². The van der Waals surface area contributed by atoms with E-state index < -0.39 is 0 Å². The molecule has 25 heavy (non-hydrogen) atoms. The van der Waals surface area contributed by atoms with Crippen LogP contribution in [0.2, 0.25) is 0 Å². The van der Waals surface area contributed by atoms with Gasteiger partial charge in [-0.3, -0.25) is 9.48 Å². The van der Waals surface area contributed by atoms with Gasteiger partial charge >= 0.3 is 0 Å². The van der Waals surface area contributed by atoms with Crippen LogP contribution in [0.4, 0.5) is 0 Å². The Labute approximate surface area is 150 Å². The fourth-order valence-corrected chi connectivity index (χ4v) is 3.60. The van der Waals surface area contributed by atoms with Crippen LogP contribution < -0.4 is 5.32 Å². The third-order valence-corrected chi connectivity index (χ3v) is 5.02. The molecule has 0 aliphatic heterocycles. The number of aromatic nitrogens is 2. The number of amides is 1. The zero-order chi connectivity index (χ0) is 17.8. The van der Waals surface area contributed by atoms with Crippen LogP contribution in [0.3, 0.4) is 0 Å². The average Bonchev–Trinajstić information content (AvgIpc) is 3.03. The van der Waals surface area contributed by atoms with E-state index in [1.807, 2.05) is 35.9 Å². The van der Waals surface area contributed by atoms with E-state index >= 15 is 0 Å². The molecular formula is C20H28N4O. The first-order chi connectivity index (χ1) is 12.0. The highest BCUT2D eigenvalue weighted by atomic mass is 16.2. The number of hydrogen-bond donors (Lipinski definition) is 1. The molecule has 0 spiro atoms. The van der Waals surface area contributed by atoms with Crippen LogP contribution in [0, 0.1) is 6.92 Å². The normalized spacial score (nSPS) is 17.8. The van der Waals surface area contributed by atoms with E-state index in [4.69, 9.17) is 0 Å². The Bertz CT molecular complexity index is 724. The van der Waals surface area contributed by atoms with Crippen molar-refractivity contribution >= 4 is 5.91 Å². The van der Waals surface area contributed by atoms with Gasteiger partial charge in [0.15, 0.2) is 0 Å². The molecule has 134 valence electrons. The first kappa shape index (κ1) is 17.7. The van der Waals surface area contributed by atoms with Gasteiger partial charge in [0, 0.05) is 19.3 Å². The van der Waals surface area contributed by atoms with Crippen LogP contribution in [0.25, 0.3) is 0 Å². The molecule has 1 N–H and O–H groups in total. The fourth-order valence-electron chi connectivity index (χ4n) is 3.60. The van der Waals surface area contributed by atoms with Crippen molar-refractivity contribution in [2.75, 3.05) is 13.6 Å². The van der Waals surface area contributed by atoms with E-state index in [0.29, 0.717) is 6.54 Å². The molecule has 1 aliphatic rings. The van der Waals surface area contributed by atoms with Crippen LogP contribution in [0.5, 0.6) is 0 Å². The summed E-state index contributed by atoms with van der Waals surface area (Å²) in [6.45, 7) is 5.23. The molecule has 5 heteroatoms. The second kappa shape index (κ2) is 7.83. The topological polar surface area (TPSA) is 50.2 Å². The summed E-state index contributed by atoms with van der Waals surface area (Å²) in [7, 11) is 1.93. The third kappa shape index (κ3) is 4.28. The molecule has 0 bridgehead atoms. The maximum absolute atomic E-state index is 12.7. The van der Waals surface area contributed by atoms with Gasteiger partial charge in [-0.15, -0.1) is 0 Å². The molecule has 2 atom stereocenters. The zero-order valence-corrected chi connectivity index (χ0v) is 15.4. The smallest absolute Gasteiger partial charge is 0.236 e. The van der Waals surface area contributed by atoms with E-state index in [1.165, 1.54) is 11.1 Å². The predicted molar refractivity (Wildman–Crippen MR) is 99.3 cm³/mol. The van der Waals surface area contributed by atoms with E-state index in [-0.39, 0.29) is 18.0 Å². The Kier molecular flexibility index (Phi) is 5.53. The standard InChI is InChI=1S/C20H28N4O/c1-15-11-22-24(13-15)14-16(2)21-12-20(25)23(3)19-10-6-8-17-7-4-5-9-18(17)19/h4-5,7,9,11,13,16,19,21H,6,8,10,12,14H2,1-3H3/t16-,19-/m1/s1. The van der Waals surface area contributed by atoms with Gasteiger partial charge in [0.1, 0.15) is 0 Å². The Morgan fingerprint density at radius 2 is 2.24 bits per heavy atom. The lowest BCUT2D eigenvalue weighted by Crippen LogP contribution is -2.42. The number of fused-ring (bicyclic) bond motifs is 1. The summed E-state index contributed by atoms with van der Waals surface area (Å²) in [5.41, 5.74) is 3.84. The Morgan fingerprint density at radius 3 is 3.00 bits per heavy atom. The first-order valence-corrected chi connectivity index (χ1v) is 9.10. The second-order valence-electron chi connectivity index (χ2n) is 7.13. The molecule has 1 aliphatic carbocycles. The van der Waals surface area contributed by atoms with Gasteiger partial charge in [-0.25, -0.2) is 0 Å². The minimum atomic E-state index is 0.144. The van der Waals surface area contributed by atoms with Gasteiger partial charge in [-0.2, -0.15) is 5.10 Å². The molecule has 0 saturated carbocycles. The molecule has 1 aromatic heterocycles. The number of carbonyl (C=O) groups excluding carboxylic acids is 1. The largest absolute Gasteiger partial charge is 0.338 e. The number of benzene rings is 1. The number of rotatable bonds is 6. The molecular weight excluding hydrogens is 312 g/mol. The summed E-state index contributed by atoms with van der Waals surface area (Å²) in [6, 6.07) is 8.90.